The third-order valence-electron chi connectivity index (χ3n) is 6.95. The molecule has 8 heteroatoms. The Kier molecular flexibility index (Phi) is 5.71. The lowest BCUT2D eigenvalue weighted by atomic mass is 9.95. The number of nitrogens with zero attached hydrogens (tertiary/aromatic N) is 3. The van der Waals surface area contributed by atoms with E-state index in [1.807, 2.05) is 24.4 Å². The van der Waals surface area contributed by atoms with E-state index in [0.29, 0.717) is 23.7 Å². The molecule has 3 amide bonds. The number of aromatic nitrogens is 1. The first-order chi connectivity index (χ1) is 15.5. The summed E-state index contributed by atoms with van der Waals surface area (Å²) in [4.78, 5) is 47.2. The van der Waals surface area contributed by atoms with Gasteiger partial charge in [-0.3, -0.25) is 19.3 Å². The summed E-state index contributed by atoms with van der Waals surface area (Å²) < 4.78 is 0. The number of amides is 3. The van der Waals surface area contributed by atoms with Gasteiger partial charge in [0.15, 0.2) is 0 Å². The number of hydrogen-bond donors (Lipinski definition) is 1. The van der Waals surface area contributed by atoms with Gasteiger partial charge in [0.1, 0.15) is 5.01 Å². The number of imide groups is 1. The van der Waals surface area contributed by atoms with Crippen molar-refractivity contribution in [1.82, 2.24) is 15.2 Å². The highest BCUT2D eigenvalue weighted by molar-refractivity contribution is 7.09. The highest BCUT2D eigenvalue weighted by Gasteiger charge is 2.42. The predicted molar refractivity (Wildman–Crippen MR) is 123 cm³/mol. The molecule has 1 aliphatic carbocycles. The Morgan fingerprint density at radius 2 is 1.97 bits per heavy atom. The Morgan fingerprint density at radius 1 is 1.16 bits per heavy atom. The SMILES string of the molecule is C[C@@H](c1nccs1)N1C(=O)c2cccc(N3CCC[C@H](C(=O)NC4CCCC4)C3)c2C1=O. The minimum Gasteiger partial charge on any atom is -0.370 e. The van der Waals surface area contributed by atoms with Gasteiger partial charge in [-0.1, -0.05) is 18.9 Å². The molecule has 32 heavy (non-hydrogen) atoms. The molecule has 0 bridgehead atoms. The van der Waals surface area contributed by atoms with Gasteiger partial charge < -0.3 is 10.2 Å². The van der Waals surface area contributed by atoms with Gasteiger partial charge in [-0.2, -0.15) is 0 Å². The number of benzene rings is 1. The highest BCUT2D eigenvalue weighted by Crippen LogP contribution is 2.38. The van der Waals surface area contributed by atoms with Crippen LogP contribution < -0.4 is 10.2 Å². The molecule has 0 spiro atoms. The standard InChI is InChI=1S/C24H28N4O3S/c1-15(22-25-11-13-32-22)28-23(30)18-9-4-10-19(20(18)24(28)31)27-12-5-6-16(14-27)21(29)26-17-7-2-3-8-17/h4,9-11,13,15-17H,2-3,5-8,12,14H2,1H3,(H,26,29)/t15-,16-/m0/s1. The third-order valence-corrected chi connectivity index (χ3v) is 7.90. The fourth-order valence-electron chi connectivity index (χ4n) is 5.25. The zero-order valence-corrected chi connectivity index (χ0v) is 19.1. The molecule has 168 valence electrons. The highest BCUT2D eigenvalue weighted by atomic mass is 32.1. The van der Waals surface area contributed by atoms with Crippen LogP contribution in [0.1, 0.15) is 77.2 Å². The molecule has 1 N–H and O–H groups in total. The minimum atomic E-state index is -0.415. The van der Waals surface area contributed by atoms with Crippen LogP contribution in [0, 0.1) is 5.92 Å². The van der Waals surface area contributed by atoms with Crippen molar-refractivity contribution in [2.45, 2.75) is 57.5 Å². The molecule has 1 aromatic heterocycles. The summed E-state index contributed by atoms with van der Waals surface area (Å²) in [6, 6.07) is 5.35. The summed E-state index contributed by atoms with van der Waals surface area (Å²) in [5, 5.41) is 5.81. The average Bonchev–Trinajstić information content (AvgIpc) is 3.56. The van der Waals surface area contributed by atoms with Crippen molar-refractivity contribution in [3.63, 3.8) is 0 Å². The van der Waals surface area contributed by atoms with Crippen LogP contribution in [0.25, 0.3) is 0 Å². The predicted octanol–water partition coefficient (Wildman–Crippen LogP) is 3.78. The maximum atomic E-state index is 13.4. The number of rotatable bonds is 5. The van der Waals surface area contributed by atoms with Gasteiger partial charge in [-0.25, -0.2) is 4.98 Å². The van der Waals surface area contributed by atoms with Crippen molar-refractivity contribution in [2.75, 3.05) is 18.0 Å². The lowest BCUT2D eigenvalue weighted by Gasteiger charge is -2.35. The minimum absolute atomic E-state index is 0.0993. The van der Waals surface area contributed by atoms with Crippen molar-refractivity contribution in [2.24, 2.45) is 5.92 Å². The van der Waals surface area contributed by atoms with Gasteiger partial charge in [-0.15, -0.1) is 11.3 Å². The molecule has 2 atom stereocenters. The molecule has 2 aromatic rings. The zero-order valence-electron chi connectivity index (χ0n) is 18.3. The molecule has 1 aromatic carbocycles. The maximum Gasteiger partial charge on any atom is 0.264 e. The fourth-order valence-corrected chi connectivity index (χ4v) is 5.94. The van der Waals surface area contributed by atoms with Gasteiger partial charge in [0.05, 0.1) is 28.8 Å². The van der Waals surface area contributed by atoms with Gasteiger partial charge in [0.2, 0.25) is 5.91 Å². The molecule has 1 saturated carbocycles. The Hall–Kier alpha value is -2.74. The van der Waals surface area contributed by atoms with E-state index in [0.717, 1.165) is 42.9 Å². The summed E-state index contributed by atoms with van der Waals surface area (Å²) in [5.41, 5.74) is 1.65. The van der Waals surface area contributed by atoms with Gasteiger partial charge in [-0.05, 0) is 44.7 Å². The molecule has 1 saturated heterocycles. The molecule has 5 rings (SSSR count). The van der Waals surface area contributed by atoms with E-state index < -0.39 is 6.04 Å². The number of carbonyl (C=O) groups excluding carboxylic acids is 3. The smallest absolute Gasteiger partial charge is 0.264 e. The van der Waals surface area contributed by atoms with Crippen LogP contribution in [0.5, 0.6) is 0 Å². The van der Waals surface area contributed by atoms with E-state index in [2.05, 4.69) is 15.2 Å². The molecule has 3 heterocycles. The van der Waals surface area contributed by atoms with Gasteiger partial charge >= 0.3 is 0 Å². The maximum absolute atomic E-state index is 13.4. The Labute approximate surface area is 191 Å². The van der Waals surface area contributed by atoms with Crippen molar-refractivity contribution >= 4 is 34.7 Å². The second kappa shape index (κ2) is 8.65. The molecule has 7 nitrogen and oxygen atoms in total. The van der Waals surface area contributed by atoms with Crippen LogP contribution in [0.3, 0.4) is 0 Å². The summed E-state index contributed by atoms with van der Waals surface area (Å²) in [5.74, 6) is -0.531. The quantitative estimate of drug-likeness (QED) is 0.698. The number of thiazole rings is 1. The van der Waals surface area contributed by atoms with Crippen LogP contribution in [0.2, 0.25) is 0 Å². The van der Waals surface area contributed by atoms with E-state index >= 15 is 0 Å². The zero-order chi connectivity index (χ0) is 22.2. The van der Waals surface area contributed by atoms with Crippen LogP contribution in [0.15, 0.2) is 29.8 Å². The number of nitrogens with one attached hydrogen (secondary N) is 1. The van der Waals surface area contributed by atoms with Crippen molar-refractivity contribution < 1.29 is 14.4 Å². The van der Waals surface area contributed by atoms with Crippen LogP contribution in [-0.4, -0.2) is 46.7 Å². The second-order valence-corrected chi connectivity index (χ2v) is 9.93. The number of hydrogen-bond acceptors (Lipinski definition) is 6. The summed E-state index contributed by atoms with van der Waals surface area (Å²) in [6.45, 7) is 3.18. The summed E-state index contributed by atoms with van der Waals surface area (Å²) >= 11 is 1.44. The lowest BCUT2D eigenvalue weighted by Crippen LogP contribution is -2.45. The molecule has 2 aliphatic heterocycles. The van der Waals surface area contributed by atoms with Gasteiger partial charge in [0.25, 0.3) is 11.8 Å². The van der Waals surface area contributed by atoms with Crippen molar-refractivity contribution in [3.05, 3.63) is 45.9 Å². The Morgan fingerprint density at radius 3 is 2.72 bits per heavy atom. The lowest BCUT2D eigenvalue weighted by molar-refractivity contribution is -0.125. The van der Waals surface area contributed by atoms with E-state index in [9.17, 15) is 14.4 Å². The Bertz CT molecular complexity index is 1030. The van der Waals surface area contributed by atoms with Crippen LogP contribution >= 0.6 is 11.3 Å². The number of fused-ring (bicyclic) bond motifs is 1. The average molecular weight is 453 g/mol. The normalized spacial score (nSPS) is 22.3. The van der Waals surface area contributed by atoms with E-state index in [4.69, 9.17) is 0 Å². The number of carbonyl (C=O) groups is 3. The second-order valence-electron chi connectivity index (χ2n) is 9.00. The molecule has 3 aliphatic rings. The topological polar surface area (TPSA) is 82.6 Å². The fraction of sp³-hybridized carbons (Fsp3) is 0.500. The molecule has 2 fully saturated rings. The first-order valence-electron chi connectivity index (χ1n) is 11.5. The summed E-state index contributed by atoms with van der Waals surface area (Å²) in [7, 11) is 0. The van der Waals surface area contributed by atoms with E-state index in [-0.39, 0.29) is 23.6 Å². The molecule has 0 unspecified atom stereocenters. The number of anilines is 1. The third kappa shape index (κ3) is 3.70. The largest absolute Gasteiger partial charge is 0.370 e. The van der Waals surface area contributed by atoms with Gasteiger partial charge in [0, 0.05) is 30.7 Å². The first-order valence-corrected chi connectivity index (χ1v) is 12.4. The monoisotopic (exact) mass is 452 g/mol. The van der Waals surface area contributed by atoms with E-state index in [1.54, 1.807) is 12.3 Å². The van der Waals surface area contributed by atoms with Crippen molar-refractivity contribution in [1.29, 1.82) is 0 Å². The molecule has 0 radical (unpaired) electrons. The van der Waals surface area contributed by atoms with Crippen molar-refractivity contribution in [3.8, 4) is 0 Å². The molecular formula is C24H28N4O3S. The van der Waals surface area contributed by atoms with Crippen LogP contribution in [-0.2, 0) is 4.79 Å². The molecular weight excluding hydrogens is 424 g/mol. The first kappa shape index (κ1) is 21.1. The van der Waals surface area contributed by atoms with E-state index in [1.165, 1.54) is 29.1 Å². The number of piperidine rings is 1. The summed E-state index contributed by atoms with van der Waals surface area (Å²) in [6.07, 6.45) is 7.92. The Balaban J connectivity index is 1.38. The van der Waals surface area contributed by atoms with Crippen LogP contribution in [0.4, 0.5) is 5.69 Å².